The average molecular weight is 274 g/mol. The predicted octanol–water partition coefficient (Wildman–Crippen LogP) is 2.69. The van der Waals surface area contributed by atoms with Crippen molar-refractivity contribution in [3.8, 4) is 0 Å². The minimum atomic E-state index is -0.570. The molecule has 0 spiro atoms. The number of halogens is 1. The molecule has 0 aliphatic carbocycles. The monoisotopic (exact) mass is 274 g/mol. The van der Waals surface area contributed by atoms with E-state index in [4.69, 9.17) is 0 Å². The van der Waals surface area contributed by atoms with Gasteiger partial charge in [-0.1, -0.05) is 6.92 Å². The third kappa shape index (κ3) is 3.50. The maximum absolute atomic E-state index is 13.4. The van der Waals surface area contributed by atoms with Crippen molar-refractivity contribution in [1.29, 1.82) is 0 Å². The highest BCUT2D eigenvalue weighted by molar-refractivity contribution is 6.04. The lowest BCUT2D eigenvalue weighted by Gasteiger charge is -2.08. The highest BCUT2D eigenvalue weighted by Gasteiger charge is 2.10. The molecule has 2 aromatic rings. The van der Waals surface area contributed by atoms with Crippen molar-refractivity contribution in [2.24, 2.45) is 0 Å². The van der Waals surface area contributed by atoms with Crippen molar-refractivity contribution < 1.29 is 9.18 Å². The van der Waals surface area contributed by atoms with Crippen molar-refractivity contribution in [1.82, 2.24) is 9.97 Å². The Labute approximate surface area is 116 Å². The summed E-state index contributed by atoms with van der Waals surface area (Å²) in [5.74, 6) is -0.342. The fourth-order valence-corrected chi connectivity index (χ4v) is 1.59. The van der Waals surface area contributed by atoms with E-state index in [2.05, 4.69) is 20.6 Å². The molecule has 0 saturated carbocycles. The largest absolute Gasteiger partial charge is 0.370 e. The first kappa shape index (κ1) is 13.9. The highest BCUT2D eigenvalue weighted by atomic mass is 19.1. The van der Waals surface area contributed by atoms with Crippen LogP contribution in [0.25, 0.3) is 0 Å². The third-order valence-corrected chi connectivity index (χ3v) is 2.60. The number of carbonyl (C=O) groups excluding carboxylic acids is 1. The molecule has 0 aromatic carbocycles. The summed E-state index contributed by atoms with van der Waals surface area (Å²) in [6.07, 6.45) is 4.96. The fraction of sp³-hybridized carbons (Fsp3) is 0.214. The Kier molecular flexibility index (Phi) is 4.60. The molecule has 2 heterocycles. The summed E-state index contributed by atoms with van der Waals surface area (Å²) in [5.41, 5.74) is 0.514. The van der Waals surface area contributed by atoms with Crippen molar-refractivity contribution in [3.63, 3.8) is 0 Å². The van der Waals surface area contributed by atoms with Crippen LogP contribution >= 0.6 is 0 Å². The van der Waals surface area contributed by atoms with E-state index in [0.717, 1.165) is 19.2 Å². The van der Waals surface area contributed by atoms with Crippen LogP contribution in [-0.4, -0.2) is 22.4 Å². The topological polar surface area (TPSA) is 66.9 Å². The van der Waals surface area contributed by atoms with Crippen molar-refractivity contribution in [2.75, 3.05) is 17.2 Å². The summed E-state index contributed by atoms with van der Waals surface area (Å²) in [5, 5.41) is 5.59. The number of nitrogens with one attached hydrogen (secondary N) is 2. The van der Waals surface area contributed by atoms with Gasteiger partial charge in [0.1, 0.15) is 5.82 Å². The van der Waals surface area contributed by atoms with Gasteiger partial charge in [0.15, 0.2) is 5.82 Å². The quantitative estimate of drug-likeness (QED) is 0.879. The van der Waals surface area contributed by atoms with Crippen molar-refractivity contribution in [3.05, 3.63) is 48.2 Å². The van der Waals surface area contributed by atoms with Gasteiger partial charge < -0.3 is 10.6 Å². The second-order valence-electron chi connectivity index (χ2n) is 4.17. The van der Waals surface area contributed by atoms with E-state index in [1.807, 2.05) is 6.92 Å². The van der Waals surface area contributed by atoms with Gasteiger partial charge in [-0.15, -0.1) is 0 Å². The van der Waals surface area contributed by atoms with Crippen LogP contribution < -0.4 is 10.6 Å². The average Bonchev–Trinajstić information content (AvgIpc) is 2.48. The van der Waals surface area contributed by atoms with E-state index < -0.39 is 11.7 Å². The van der Waals surface area contributed by atoms with Gasteiger partial charge in [0.25, 0.3) is 5.91 Å². The number of amides is 1. The molecule has 6 heteroatoms. The first-order chi connectivity index (χ1) is 9.70. The SMILES string of the molecule is CCCNc1cc(C(=O)Nc2ccncc2F)ccn1. The normalized spacial score (nSPS) is 10.1. The lowest BCUT2D eigenvalue weighted by atomic mass is 10.2. The first-order valence-electron chi connectivity index (χ1n) is 6.31. The van der Waals surface area contributed by atoms with Crippen molar-refractivity contribution >= 4 is 17.4 Å². The van der Waals surface area contributed by atoms with Gasteiger partial charge in [0.2, 0.25) is 0 Å². The van der Waals surface area contributed by atoms with E-state index in [0.29, 0.717) is 11.4 Å². The molecule has 0 aliphatic rings. The Morgan fingerprint density at radius 3 is 2.95 bits per heavy atom. The molecule has 0 aliphatic heterocycles. The molecule has 20 heavy (non-hydrogen) atoms. The molecule has 0 atom stereocenters. The molecular weight excluding hydrogens is 259 g/mol. The number of hydrogen-bond donors (Lipinski definition) is 2. The van der Waals surface area contributed by atoms with Gasteiger partial charge in [-0.05, 0) is 24.6 Å². The second kappa shape index (κ2) is 6.60. The van der Waals surface area contributed by atoms with E-state index in [9.17, 15) is 9.18 Å². The molecule has 2 N–H and O–H groups in total. The van der Waals surface area contributed by atoms with Gasteiger partial charge in [0.05, 0.1) is 11.9 Å². The summed E-state index contributed by atoms with van der Waals surface area (Å²) in [6.45, 7) is 2.81. The van der Waals surface area contributed by atoms with Crippen LogP contribution in [0.5, 0.6) is 0 Å². The van der Waals surface area contributed by atoms with E-state index in [1.54, 1.807) is 12.1 Å². The lowest BCUT2D eigenvalue weighted by molar-refractivity contribution is 0.102. The van der Waals surface area contributed by atoms with E-state index in [1.165, 1.54) is 18.5 Å². The number of nitrogens with zero attached hydrogens (tertiary/aromatic N) is 2. The van der Waals surface area contributed by atoms with E-state index in [-0.39, 0.29) is 5.69 Å². The molecule has 0 unspecified atom stereocenters. The van der Waals surface area contributed by atoms with Crippen LogP contribution in [0.2, 0.25) is 0 Å². The van der Waals surface area contributed by atoms with Crippen LogP contribution in [-0.2, 0) is 0 Å². The molecule has 0 radical (unpaired) electrons. The summed E-state index contributed by atoms with van der Waals surface area (Å²) >= 11 is 0. The van der Waals surface area contributed by atoms with Gasteiger partial charge >= 0.3 is 0 Å². The Balaban J connectivity index is 2.11. The first-order valence-corrected chi connectivity index (χ1v) is 6.31. The predicted molar refractivity (Wildman–Crippen MR) is 75.2 cm³/mol. The van der Waals surface area contributed by atoms with Gasteiger partial charge in [-0.2, -0.15) is 0 Å². The Bertz CT molecular complexity index is 603. The molecule has 5 nitrogen and oxygen atoms in total. The van der Waals surface area contributed by atoms with Crippen LogP contribution in [0.15, 0.2) is 36.8 Å². The molecule has 104 valence electrons. The molecule has 2 aromatic heterocycles. The summed E-state index contributed by atoms with van der Waals surface area (Å²) in [6, 6.07) is 4.61. The number of hydrogen-bond acceptors (Lipinski definition) is 4. The van der Waals surface area contributed by atoms with Gasteiger partial charge in [-0.25, -0.2) is 9.37 Å². The van der Waals surface area contributed by atoms with E-state index >= 15 is 0 Å². The summed E-state index contributed by atoms with van der Waals surface area (Å²) in [7, 11) is 0. The summed E-state index contributed by atoms with van der Waals surface area (Å²) < 4.78 is 13.4. The molecule has 0 bridgehead atoms. The zero-order chi connectivity index (χ0) is 14.4. The minimum absolute atomic E-state index is 0.102. The van der Waals surface area contributed by atoms with Crippen LogP contribution in [0.1, 0.15) is 23.7 Å². The van der Waals surface area contributed by atoms with Gasteiger partial charge in [0, 0.05) is 24.5 Å². The van der Waals surface area contributed by atoms with Gasteiger partial charge in [-0.3, -0.25) is 9.78 Å². The number of rotatable bonds is 5. The number of pyridine rings is 2. The second-order valence-corrected chi connectivity index (χ2v) is 4.17. The molecule has 0 fully saturated rings. The maximum atomic E-state index is 13.4. The van der Waals surface area contributed by atoms with Crippen LogP contribution in [0, 0.1) is 5.82 Å². The smallest absolute Gasteiger partial charge is 0.255 e. The zero-order valence-electron chi connectivity index (χ0n) is 11.1. The van der Waals surface area contributed by atoms with Crippen LogP contribution in [0.3, 0.4) is 0 Å². The molecular formula is C14H15FN4O. The highest BCUT2D eigenvalue weighted by Crippen LogP contribution is 2.14. The minimum Gasteiger partial charge on any atom is -0.370 e. The zero-order valence-corrected chi connectivity index (χ0v) is 11.1. The standard InChI is InChI=1S/C14H15FN4O/c1-2-5-17-13-8-10(3-7-18-13)14(20)19-12-4-6-16-9-11(12)15/h3-4,6-9H,2,5H2,1H3,(H,17,18)(H,16,19,20). The Morgan fingerprint density at radius 1 is 1.35 bits per heavy atom. The molecule has 1 amide bonds. The Hall–Kier alpha value is -2.50. The summed E-state index contributed by atoms with van der Waals surface area (Å²) in [4.78, 5) is 19.8. The van der Waals surface area contributed by atoms with Crippen LogP contribution in [0.4, 0.5) is 15.9 Å². The number of carbonyl (C=O) groups is 1. The van der Waals surface area contributed by atoms with Crippen molar-refractivity contribution in [2.45, 2.75) is 13.3 Å². The molecule has 2 rings (SSSR count). The number of aromatic nitrogens is 2. The lowest BCUT2D eigenvalue weighted by Crippen LogP contribution is -2.14. The maximum Gasteiger partial charge on any atom is 0.255 e. The molecule has 0 saturated heterocycles. The fourth-order valence-electron chi connectivity index (χ4n) is 1.59. The number of anilines is 2. The third-order valence-electron chi connectivity index (χ3n) is 2.60. The Morgan fingerprint density at radius 2 is 2.20 bits per heavy atom.